The van der Waals surface area contributed by atoms with Crippen molar-refractivity contribution in [3.05, 3.63) is 90.8 Å². The summed E-state index contributed by atoms with van der Waals surface area (Å²) < 4.78 is 26.8. The monoisotopic (exact) mass is 465 g/mol. The molecule has 3 aromatic rings. The van der Waals surface area contributed by atoms with Crippen molar-refractivity contribution < 1.29 is 41.8 Å². The van der Waals surface area contributed by atoms with Crippen LogP contribution in [0.1, 0.15) is 10.4 Å². The zero-order valence-corrected chi connectivity index (χ0v) is 16.2. The molecule has 1 aromatic heterocycles. The molecule has 1 heterocycles. The first-order chi connectivity index (χ1) is 11.6. The van der Waals surface area contributed by atoms with Gasteiger partial charge in [0.1, 0.15) is 0 Å². The Bertz CT molecular complexity index is 941. The van der Waals surface area contributed by atoms with Crippen LogP contribution in [-0.4, -0.2) is 14.2 Å². The van der Waals surface area contributed by atoms with E-state index in [1.54, 1.807) is 47.0 Å². The van der Waals surface area contributed by atoms with Gasteiger partial charge in [0.05, 0.1) is 9.79 Å². The summed E-state index contributed by atoms with van der Waals surface area (Å²) >= 11 is 0. The molecule has 0 N–H and O–H groups in total. The number of rotatable bonds is 5. The molecule has 0 unspecified atom stereocenters. The first kappa shape index (κ1) is 19.3. The summed E-state index contributed by atoms with van der Waals surface area (Å²) in [5.74, 6) is -0.0742. The van der Waals surface area contributed by atoms with Crippen molar-refractivity contribution in [3.63, 3.8) is 0 Å². The van der Waals surface area contributed by atoms with Gasteiger partial charge < -0.3 is 24.0 Å². The van der Waals surface area contributed by atoms with Gasteiger partial charge in [-0.2, -0.15) is 4.57 Å². The first-order valence-corrected chi connectivity index (χ1v) is 8.93. The fraction of sp³-hybridized carbons (Fsp3) is 0.0526. The molecule has 0 atom stereocenters. The van der Waals surface area contributed by atoms with Crippen LogP contribution in [0.4, 0.5) is 0 Å². The van der Waals surface area contributed by atoms with Gasteiger partial charge in [-0.25, -0.2) is 8.42 Å². The van der Waals surface area contributed by atoms with E-state index in [1.165, 1.54) is 12.1 Å². The van der Waals surface area contributed by atoms with Crippen molar-refractivity contribution in [1.82, 2.24) is 0 Å². The lowest BCUT2D eigenvalue weighted by atomic mass is 10.1. The van der Waals surface area contributed by atoms with Crippen LogP contribution in [0.5, 0.6) is 0 Å². The van der Waals surface area contributed by atoms with E-state index < -0.39 is 9.84 Å². The third-order valence-electron chi connectivity index (χ3n) is 3.64. The van der Waals surface area contributed by atoms with Crippen LogP contribution >= 0.6 is 0 Å². The number of nitrogens with zero attached hydrogens (tertiary/aromatic N) is 1. The van der Waals surface area contributed by atoms with Crippen LogP contribution < -0.4 is 28.5 Å². The molecular formula is C19H16INO3S. The summed E-state index contributed by atoms with van der Waals surface area (Å²) in [5, 5.41) is 0. The average Bonchev–Trinajstić information content (AvgIpc) is 2.63. The summed E-state index contributed by atoms with van der Waals surface area (Å²) in [6.07, 6.45) is 3.62. The van der Waals surface area contributed by atoms with Gasteiger partial charge >= 0.3 is 0 Å². The van der Waals surface area contributed by atoms with E-state index >= 15 is 0 Å². The highest BCUT2D eigenvalue weighted by Gasteiger charge is 2.18. The van der Waals surface area contributed by atoms with E-state index in [0.29, 0.717) is 5.56 Å². The van der Waals surface area contributed by atoms with Crippen LogP contribution in [0, 0.1) is 0 Å². The Morgan fingerprint density at radius 3 is 1.88 bits per heavy atom. The Hall–Kier alpha value is -2.06. The quantitative estimate of drug-likeness (QED) is 0.295. The van der Waals surface area contributed by atoms with Gasteiger partial charge in [0, 0.05) is 17.7 Å². The number of benzene rings is 2. The van der Waals surface area contributed by atoms with Crippen molar-refractivity contribution in [2.45, 2.75) is 16.3 Å². The molecule has 0 fully saturated rings. The highest BCUT2D eigenvalue weighted by atomic mass is 127. The fourth-order valence-electron chi connectivity index (χ4n) is 2.35. The van der Waals surface area contributed by atoms with Gasteiger partial charge in [0.15, 0.2) is 12.4 Å². The van der Waals surface area contributed by atoms with E-state index in [9.17, 15) is 13.2 Å². The van der Waals surface area contributed by atoms with Gasteiger partial charge in [-0.1, -0.05) is 24.3 Å². The summed E-state index contributed by atoms with van der Waals surface area (Å²) in [6.45, 7) is 0.214. The lowest BCUT2D eigenvalue weighted by Gasteiger charge is -2.05. The lowest BCUT2D eigenvalue weighted by molar-refractivity contribution is -0.683. The number of Topliss-reactive ketones (excluding diaryl/α,β-unsaturated/α-hetero) is 1. The van der Waals surface area contributed by atoms with Crippen molar-refractivity contribution in [1.29, 1.82) is 0 Å². The van der Waals surface area contributed by atoms with Gasteiger partial charge in [0.2, 0.25) is 22.2 Å². The standard InChI is InChI=1S/C19H16NO3S.HI/c21-19(15-20-13-5-2-6-14-20)16-9-11-18(12-10-16)24(22,23)17-7-3-1-4-8-17;/h1-14H,15H2;1H/q+1;/p-1. The number of halogens is 1. The zero-order chi connectivity index (χ0) is 17.0. The fourth-order valence-corrected chi connectivity index (χ4v) is 3.63. The maximum atomic E-state index is 12.5. The van der Waals surface area contributed by atoms with Crippen LogP contribution in [0.15, 0.2) is 95.0 Å². The Balaban J connectivity index is 0.00000225. The van der Waals surface area contributed by atoms with E-state index in [2.05, 4.69) is 0 Å². The molecule has 6 heteroatoms. The van der Waals surface area contributed by atoms with Crippen LogP contribution in [0.25, 0.3) is 0 Å². The number of sulfone groups is 1. The number of pyridine rings is 1. The maximum absolute atomic E-state index is 12.5. The first-order valence-electron chi connectivity index (χ1n) is 7.45. The van der Waals surface area contributed by atoms with Gasteiger partial charge in [-0.15, -0.1) is 0 Å². The molecule has 4 nitrogen and oxygen atoms in total. The molecule has 0 aliphatic rings. The van der Waals surface area contributed by atoms with Crippen molar-refractivity contribution in [2.75, 3.05) is 0 Å². The number of carbonyl (C=O) groups excluding carboxylic acids is 1. The van der Waals surface area contributed by atoms with Crippen LogP contribution in [0.3, 0.4) is 0 Å². The summed E-state index contributed by atoms with van der Waals surface area (Å²) in [4.78, 5) is 12.7. The molecule has 0 bridgehead atoms. The Labute approximate surface area is 164 Å². The third kappa shape index (κ3) is 4.52. The number of ketones is 1. The predicted octanol–water partition coefficient (Wildman–Crippen LogP) is -0.306. The second kappa shape index (κ2) is 8.35. The number of hydrogen-bond donors (Lipinski definition) is 0. The number of aromatic nitrogens is 1. The molecular weight excluding hydrogens is 449 g/mol. The molecule has 25 heavy (non-hydrogen) atoms. The zero-order valence-electron chi connectivity index (χ0n) is 13.2. The largest absolute Gasteiger partial charge is 1.00 e. The molecule has 0 aliphatic carbocycles. The van der Waals surface area contributed by atoms with Gasteiger partial charge in [0.25, 0.3) is 0 Å². The van der Waals surface area contributed by atoms with E-state index in [0.717, 1.165) is 0 Å². The van der Waals surface area contributed by atoms with Crippen LogP contribution in [-0.2, 0) is 16.4 Å². The average molecular weight is 465 g/mol. The van der Waals surface area contributed by atoms with Crippen LogP contribution in [0.2, 0.25) is 0 Å². The van der Waals surface area contributed by atoms with Crippen molar-refractivity contribution in [2.24, 2.45) is 0 Å². The molecule has 128 valence electrons. The topological polar surface area (TPSA) is 55.1 Å². The Kier molecular flexibility index (Phi) is 6.44. The second-order valence-corrected chi connectivity index (χ2v) is 7.26. The molecule has 2 aromatic carbocycles. The summed E-state index contributed by atoms with van der Waals surface area (Å²) in [6, 6.07) is 19.9. The molecule has 0 radical (unpaired) electrons. The minimum absolute atomic E-state index is 0. The van der Waals surface area contributed by atoms with E-state index in [-0.39, 0.29) is 46.1 Å². The molecule has 0 aliphatic heterocycles. The highest BCUT2D eigenvalue weighted by molar-refractivity contribution is 7.91. The van der Waals surface area contributed by atoms with Crippen molar-refractivity contribution in [3.8, 4) is 0 Å². The highest BCUT2D eigenvalue weighted by Crippen LogP contribution is 2.20. The smallest absolute Gasteiger partial charge is 0.227 e. The van der Waals surface area contributed by atoms with Crippen molar-refractivity contribution >= 4 is 15.6 Å². The Morgan fingerprint density at radius 2 is 1.28 bits per heavy atom. The molecule has 0 amide bonds. The normalized spacial score (nSPS) is 10.7. The number of hydrogen-bond acceptors (Lipinski definition) is 3. The second-order valence-electron chi connectivity index (χ2n) is 5.31. The lowest BCUT2D eigenvalue weighted by Crippen LogP contribution is -3.00. The molecule has 0 saturated heterocycles. The number of carbonyl (C=O) groups is 1. The third-order valence-corrected chi connectivity index (χ3v) is 5.43. The minimum atomic E-state index is -3.56. The summed E-state index contributed by atoms with van der Waals surface area (Å²) in [7, 11) is -3.56. The van der Waals surface area contributed by atoms with Gasteiger partial charge in [-0.05, 0) is 36.4 Å². The van der Waals surface area contributed by atoms with E-state index in [1.807, 2.05) is 30.6 Å². The van der Waals surface area contributed by atoms with Gasteiger partial charge in [-0.3, -0.25) is 4.79 Å². The SMILES string of the molecule is O=C(C[n+]1ccccc1)c1ccc(S(=O)(=O)c2ccccc2)cc1.[I-]. The molecule has 0 spiro atoms. The molecule has 3 rings (SSSR count). The minimum Gasteiger partial charge on any atom is -1.00 e. The maximum Gasteiger partial charge on any atom is 0.227 e. The predicted molar refractivity (Wildman–Crippen MR) is 89.3 cm³/mol. The summed E-state index contributed by atoms with van der Waals surface area (Å²) in [5.41, 5.74) is 0.485. The molecule has 0 saturated carbocycles. The Morgan fingerprint density at radius 1 is 0.760 bits per heavy atom. The van der Waals surface area contributed by atoms with E-state index in [4.69, 9.17) is 0 Å².